The Labute approximate surface area is 206 Å². The number of thiocarbonyl (C=S) groups is 1. The monoisotopic (exact) mass is 507 g/mol. The van der Waals surface area contributed by atoms with Gasteiger partial charge < -0.3 is 26.6 Å². The minimum Gasteiger partial charge on any atom is -0.394 e. The van der Waals surface area contributed by atoms with Gasteiger partial charge in [0, 0.05) is 39.0 Å². The van der Waals surface area contributed by atoms with E-state index in [1.54, 1.807) is 38.3 Å². The van der Waals surface area contributed by atoms with Crippen LogP contribution < -0.4 is 21.7 Å². The standard InChI is InChI=1S/C23H33N5O4S2/c1-16(21(29)26-15-17-7-9-19(10-8-17)34(3,31)32)5-4-6-20(24)22(30)27-18-11-13-28(14-12-18)23(33)25-2/h4-10,16,18H,11-15,24H2,1-3H3,(H,25,33)(H,26,29)(H,27,30)/b5-4-,20-6-. The smallest absolute Gasteiger partial charge is 0.267 e. The first-order valence-electron chi connectivity index (χ1n) is 11.0. The zero-order valence-electron chi connectivity index (χ0n) is 19.7. The molecule has 0 spiro atoms. The molecule has 0 aliphatic carbocycles. The number of likely N-dealkylation sites (tertiary alicyclic amines) is 1. The predicted molar refractivity (Wildman–Crippen MR) is 136 cm³/mol. The van der Waals surface area contributed by atoms with Gasteiger partial charge in [-0.25, -0.2) is 8.42 Å². The second kappa shape index (κ2) is 12.5. The van der Waals surface area contributed by atoms with Crippen LogP contribution in [0.3, 0.4) is 0 Å². The lowest BCUT2D eigenvalue weighted by molar-refractivity contribution is -0.123. The molecule has 5 N–H and O–H groups in total. The molecule has 1 aliphatic heterocycles. The number of carbonyl (C=O) groups excluding carboxylic acids is 2. The Hall–Kier alpha value is -2.92. The van der Waals surface area contributed by atoms with Crippen LogP contribution in [0.4, 0.5) is 0 Å². The summed E-state index contributed by atoms with van der Waals surface area (Å²) in [6, 6.07) is 6.39. The normalized spacial score (nSPS) is 16.2. The van der Waals surface area contributed by atoms with Crippen molar-refractivity contribution in [2.75, 3.05) is 26.4 Å². The maximum Gasteiger partial charge on any atom is 0.267 e. The first kappa shape index (κ1) is 27.3. The zero-order valence-corrected chi connectivity index (χ0v) is 21.3. The van der Waals surface area contributed by atoms with Crippen LogP contribution in [0.25, 0.3) is 0 Å². The SMILES string of the molecule is CNC(=S)N1CCC(NC(=O)/C(N)=C/C=C\C(C)C(=O)NCc2ccc(S(C)(=O)=O)cc2)CC1. The summed E-state index contributed by atoms with van der Waals surface area (Å²) in [5.74, 6) is -0.984. The first-order valence-corrected chi connectivity index (χ1v) is 13.3. The number of nitrogens with two attached hydrogens (primary N) is 1. The fraction of sp³-hybridized carbons (Fsp3) is 0.435. The number of carbonyl (C=O) groups is 2. The fourth-order valence-electron chi connectivity index (χ4n) is 3.35. The summed E-state index contributed by atoms with van der Waals surface area (Å²) in [5, 5.41) is 9.40. The molecule has 1 aromatic carbocycles. The van der Waals surface area contributed by atoms with Gasteiger partial charge in [-0.3, -0.25) is 9.59 Å². The van der Waals surface area contributed by atoms with Gasteiger partial charge in [-0.15, -0.1) is 0 Å². The van der Waals surface area contributed by atoms with Gasteiger partial charge >= 0.3 is 0 Å². The molecule has 0 saturated carbocycles. The van der Waals surface area contributed by atoms with Gasteiger partial charge in [0.1, 0.15) is 0 Å². The Morgan fingerprint density at radius 2 is 1.85 bits per heavy atom. The Balaban J connectivity index is 1.78. The number of piperidine rings is 1. The molecule has 1 fully saturated rings. The molecular formula is C23H33N5O4S2. The highest BCUT2D eigenvalue weighted by molar-refractivity contribution is 7.90. The van der Waals surface area contributed by atoms with Crippen LogP contribution >= 0.6 is 12.2 Å². The van der Waals surface area contributed by atoms with E-state index in [9.17, 15) is 18.0 Å². The van der Waals surface area contributed by atoms with Crippen LogP contribution in [-0.4, -0.2) is 62.7 Å². The van der Waals surface area contributed by atoms with E-state index in [2.05, 4.69) is 20.9 Å². The van der Waals surface area contributed by atoms with Crippen molar-refractivity contribution in [1.82, 2.24) is 20.9 Å². The molecule has 2 rings (SSSR count). The third kappa shape index (κ3) is 8.45. The lowest BCUT2D eigenvalue weighted by Crippen LogP contribution is -2.49. The van der Waals surface area contributed by atoms with Gasteiger partial charge in [0.2, 0.25) is 5.91 Å². The maximum atomic E-state index is 12.3. The van der Waals surface area contributed by atoms with E-state index < -0.39 is 15.8 Å². The highest BCUT2D eigenvalue weighted by Crippen LogP contribution is 2.12. The van der Waals surface area contributed by atoms with Gasteiger partial charge in [-0.1, -0.05) is 31.2 Å². The average Bonchev–Trinajstić information content (AvgIpc) is 2.81. The number of sulfone groups is 1. The van der Waals surface area contributed by atoms with Crippen LogP contribution in [0.15, 0.2) is 53.1 Å². The highest BCUT2D eigenvalue weighted by atomic mass is 32.2. The van der Waals surface area contributed by atoms with Crippen molar-refractivity contribution in [3.8, 4) is 0 Å². The Morgan fingerprint density at radius 3 is 2.41 bits per heavy atom. The number of rotatable bonds is 8. The molecule has 11 heteroatoms. The molecule has 34 heavy (non-hydrogen) atoms. The third-order valence-corrected chi connectivity index (χ3v) is 7.09. The quantitative estimate of drug-likeness (QED) is 0.231. The largest absolute Gasteiger partial charge is 0.394 e. The molecule has 0 aromatic heterocycles. The minimum absolute atomic E-state index is 0.0375. The number of amides is 2. The van der Waals surface area contributed by atoms with Gasteiger partial charge in [-0.05, 0) is 48.8 Å². The van der Waals surface area contributed by atoms with Crippen molar-refractivity contribution >= 4 is 39.0 Å². The van der Waals surface area contributed by atoms with Crippen LogP contribution in [0, 0.1) is 5.92 Å². The maximum absolute atomic E-state index is 12.3. The van der Waals surface area contributed by atoms with E-state index in [1.165, 1.54) is 18.2 Å². The van der Waals surface area contributed by atoms with Crippen LogP contribution in [0.5, 0.6) is 0 Å². The lowest BCUT2D eigenvalue weighted by atomic mass is 10.1. The van der Waals surface area contributed by atoms with Crippen LogP contribution in [0.1, 0.15) is 25.3 Å². The van der Waals surface area contributed by atoms with E-state index in [4.69, 9.17) is 18.0 Å². The first-order chi connectivity index (χ1) is 16.0. The molecule has 1 saturated heterocycles. The second-order valence-electron chi connectivity index (χ2n) is 8.22. The zero-order chi connectivity index (χ0) is 25.3. The summed E-state index contributed by atoms with van der Waals surface area (Å²) in [6.07, 6.45) is 7.44. The topological polar surface area (TPSA) is 134 Å². The molecule has 1 heterocycles. The van der Waals surface area contributed by atoms with E-state index in [0.29, 0.717) is 5.11 Å². The minimum atomic E-state index is -3.25. The van der Waals surface area contributed by atoms with Crippen molar-refractivity contribution < 1.29 is 18.0 Å². The van der Waals surface area contributed by atoms with Gasteiger partial charge in [0.25, 0.3) is 5.91 Å². The molecule has 0 bridgehead atoms. The van der Waals surface area contributed by atoms with E-state index in [0.717, 1.165) is 37.8 Å². The van der Waals surface area contributed by atoms with E-state index in [-0.39, 0.29) is 35.0 Å². The van der Waals surface area contributed by atoms with Crippen LogP contribution in [-0.2, 0) is 26.0 Å². The van der Waals surface area contributed by atoms with Gasteiger partial charge in [0.05, 0.1) is 16.5 Å². The molecule has 9 nitrogen and oxygen atoms in total. The lowest BCUT2D eigenvalue weighted by Gasteiger charge is -2.33. The number of hydrogen-bond acceptors (Lipinski definition) is 6. The van der Waals surface area contributed by atoms with Crippen LogP contribution in [0.2, 0.25) is 0 Å². The molecule has 1 atom stereocenters. The highest BCUT2D eigenvalue weighted by Gasteiger charge is 2.22. The third-order valence-electron chi connectivity index (χ3n) is 5.50. The van der Waals surface area contributed by atoms with Gasteiger partial charge in [-0.2, -0.15) is 0 Å². The average molecular weight is 508 g/mol. The molecular weight excluding hydrogens is 474 g/mol. The van der Waals surface area contributed by atoms with Crippen molar-refractivity contribution in [1.29, 1.82) is 0 Å². The Bertz CT molecular complexity index is 1040. The summed E-state index contributed by atoms with van der Waals surface area (Å²) in [6.45, 7) is 3.54. The predicted octanol–water partition coefficient (Wildman–Crippen LogP) is 0.826. The second-order valence-corrected chi connectivity index (χ2v) is 10.6. The number of benzene rings is 1. The summed E-state index contributed by atoms with van der Waals surface area (Å²) < 4.78 is 23.0. The molecule has 1 aromatic rings. The van der Waals surface area contributed by atoms with Gasteiger partial charge in [0.15, 0.2) is 14.9 Å². The number of allylic oxidation sites excluding steroid dienone is 2. The molecule has 2 amide bonds. The number of nitrogens with zero attached hydrogens (tertiary/aromatic N) is 1. The molecule has 1 unspecified atom stereocenters. The molecule has 0 radical (unpaired) electrons. The van der Waals surface area contributed by atoms with Crippen molar-refractivity contribution in [2.45, 2.75) is 37.2 Å². The summed E-state index contributed by atoms with van der Waals surface area (Å²) >= 11 is 5.23. The fourth-order valence-corrected chi connectivity index (χ4v) is 4.16. The van der Waals surface area contributed by atoms with Crippen molar-refractivity contribution in [3.63, 3.8) is 0 Å². The Morgan fingerprint density at radius 1 is 1.24 bits per heavy atom. The number of nitrogens with one attached hydrogen (secondary N) is 3. The summed E-state index contributed by atoms with van der Waals surface area (Å²) in [5.41, 5.74) is 6.74. The summed E-state index contributed by atoms with van der Waals surface area (Å²) in [7, 11) is -1.46. The Kier molecular flexibility index (Phi) is 10.1. The molecule has 1 aliphatic rings. The van der Waals surface area contributed by atoms with Crippen molar-refractivity contribution in [2.24, 2.45) is 11.7 Å². The van der Waals surface area contributed by atoms with Crippen molar-refractivity contribution in [3.05, 3.63) is 53.8 Å². The molecule has 186 valence electrons. The van der Waals surface area contributed by atoms with E-state index >= 15 is 0 Å². The summed E-state index contributed by atoms with van der Waals surface area (Å²) in [4.78, 5) is 26.9. The number of hydrogen-bond donors (Lipinski definition) is 4. The van der Waals surface area contributed by atoms with E-state index in [1.807, 2.05) is 0 Å².